The predicted octanol–water partition coefficient (Wildman–Crippen LogP) is 4.91. The summed E-state index contributed by atoms with van der Waals surface area (Å²) >= 11 is 1.41. The molecule has 1 saturated heterocycles. The molecule has 1 fully saturated rings. The molecule has 0 saturated carbocycles. The molecule has 5 nitrogen and oxygen atoms in total. The van der Waals surface area contributed by atoms with E-state index in [1.165, 1.54) is 17.3 Å². The zero-order valence-corrected chi connectivity index (χ0v) is 17.7. The first kappa shape index (κ1) is 19.6. The quantitative estimate of drug-likeness (QED) is 0.675. The molecule has 0 atom stereocenters. The Hall–Kier alpha value is -2.73. The van der Waals surface area contributed by atoms with Crippen molar-refractivity contribution in [2.24, 2.45) is 4.99 Å². The molecule has 6 heteroatoms. The topological polar surface area (TPSA) is 51.1 Å². The number of amides is 1. The van der Waals surface area contributed by atoms with Gasteiger partial charge in [0.05, 0.1) is 24.3 Å². The maximum atomic E-state index is 13.3. The van der Waals surface area contributed by atoms with Gasteiger partial charge in [0, 0.05) is 12.1 Å². The third-order valence-corrected chi connectivity index (χ3v) is 5.70. The summed E-state index contributed by atoms with van der Waals surface area (Å²) in [5.74, 6) is 1.58. The standard InChI is InChI=1S/C23H24N2O3S/c1-15(2)24-23-25(18-7-4-8-19(14-18)27-3)22(26)21(29-23)13-16-9-10-20-17(12-16)6-5-11-28-20/h4,7-10,12-15H,5-6,11H2,1-3H3/b21-13-,24-23?. The molecule has 0 N–H and O–H groups in total. The van der Waals surface area contributed by atoms with Gasteiger partial charge in [0.15, 0.2) is 5.17 Å². The van der Waals surface area contributed by atoms with Crippen LogP contribution in [0.5, 0.6) is 11.5 Å². The highest BCUT2D eigenvalue weighted by Crippen LogP contribution is 2.38. The van der Waals surface area contributed by atoms with E-state index in [0.29, 0.717) is 15.8 Å². The van der Waals surface area contributed by atoms with Crippen LogP contribution >= 0.6 is 11.8 Å². The minimum Gasteiger partial charge on any atom is -0.497 e. The summed E-state index contributed by atoms with van der Waals surface area (Å²) in [7, 11) is 1.62. The summed E-state index contributed by atoms with van der Waals surface area (Å²) in [5.41, 5.74) is 2.95. The van der Waals surface area contributed by atoms with E-state index in [0.717, 1.165) is 36.4 Å². The summed E-state index contributed by atoms with van der Waals surface area (Å²) in [6.45, 7) is 4.78. The minimum atomic E-state index is -0.0726. The van der Waals surface area contributed by atoms with E-state index in [9.17, 15) is 4.79 Å². The summed E-state index contributed by atoms with van der Waals surface area (Å²) < 4.78 is 11.0. The lowest BCUT2D eigenvalue weighted by Crippen LogP contribution is -2.29. The van der Waals surface area contributed by atoms with Gasteiger partial charge in [-0.05, 0) is 79.9 Å². The average Bonchev–Trinajstić information content (AvgIpc) is 3.02. The van der Waals surface area contributed by atoms with Gasteiger partial charge in [-0.3, -0.25) is 14.7 Å². The second kappa shape index (κ2) is 8.33. The first-order valence-electron chi connectivity index (χ1n) is 9.77. The van der Waals surface area contributed by atoms with Crippen LogP contribution in [0, 0.1) is 0 Å². The molecule has 2 aliphatic rings. The fraction of sp³-hybridized carbons (Fsp3) is 0.304. The number of carbonyl (C=O) groups excluding carboxylic acids is 1. The summed E-state index contributed by atoms with van der Waals surface area (Å²) in [5, 5.41) is 0.686. The molecule has 0 radical (unpaired) electrons. The highest BCUT2D eigenvalue weighted by atomic mass is 32.2. The van der Waals surface area contributed by atoms with E-state index in [-0.39, 0.29) is 11.9 Å². The first-order valence-corrected chi connectivity index (χ1v) is 10.6. The Morgan fingerprint density at radius 2 is 2.10 bits per heavy atom. The molecule has 2 aromatic rings. The molecule has 29 heavy (non-hydrogen) atoms. The minimum absolute atomic E-state index is 0.0726. The zero-order chi connectivity index (χ0) is 20.4. The van der Waals surface area contributed by atoms with E-state index in [4.69, 9.17) is 9.47 Å². The van der Waals surface area contributed by atoms with Crippen molar-refractivity contribution in [3.05, 3.63) is 58.5 Å². The van der Waals surface area contributed by atoms with Crippen LogP contribution in [0.15, 0.2) is 52.4 Å². The Labute approximate surface area is 175 Å². The van der Waals surface area contributed by atoms with Crippen LogP contribution in [0.3, 0.4) is 0 Å². The Bertz CT molecular complexity index is 997. The number of anilines is 1. The Balaban J connectivity index is 1.70. The lowest BCUT2D eigenvalue weighted by Gasteiger charge is -2.17. The Morgan fingerprint density at radius 1 is 1.24 bits per heavy atom. The number of aliphatic imine (C=N–C) groups is 1. The number of amidine groups is 1. The molecule has 2 aliphatic heterocycles. The third-order valence-electron chi connectivity index (χ3n) is 4.72. The van der Waals surface area contributed by atoms with E-state index in [1.807, 2.05) is 56.3 Å². The van der Waals surface area contributed by atoms with Crippen molar-refractivity contribution in [2.45, 2.75) is 32.7 Å². The molecule has 1 amide bonds. The molecule has 4 rings (SSSR count). The van der Waals surface area contributed by atoms with Crippen LogP contribution in [0.4, 0.5) is 5.69 Å². The van der Waals surface area contributed by atoms with Crippen molar-refractivity contribution in [3.8, 4) is 11.5 Å². The van der Waals surface area contributed by atoms with Crippen molar-refractivity contribution in [3.63, 3.8) is 0 Å². The van der Waals surface area contributed by atoms with Gasteiger partial charge in [-0.1, -0.05) is 12.1 Å². The third kappa shape index (κ3) is 4.17. The lowest BCUT2D eigenvalue weighted by molar-refractivity contribution is -0.113. The van der Waals surface area contributed by atoms with Gasteiger partial charge in [0.1, 0.15) is 11.5 Å². The van der Waals surface area contributed by atoms with Gasteiger partial charge in [0.25, 0.3) is 5.91 Å². The Kier molecular flexibility index (Phi) is 5.62. The van der Waals surface area contributed by atoms with Crippen LogP contribution in [0.2, 0.25) is 0 Å². The lowest BCUT2D eigenvalue weighted by atomic mass is 10.0. The molecule has 0 bridgehead atoms. The summed E-state index contributed by atoms with van der Waals surface area (Å²) in [6, 6.07) is 13.7. The Morgan fingerprint density at radius 3 is 2.90 bits per heavy atom. The van der Waals surface area contributed by atoms with Gasteiger partial charge in [-0.15, -0.1) is 0 Å². The number of carbonyl (C=O) groups is 1. The number of rotatable bonds is 4. The number of ether oxygens (including phenoxy) is 2. The molecular weight excluding hydrogens is 384 g/mol. The fourth-order valence-corrected chi connectivity index (χ4v) is 4.49. The van der Waals surface area contributed by atoms with Crippen molar-refractivity contribution in [1.29, 1.82) is 0 Å². The van der Waals surface area contributed by atoms with E-state index < -0.39 is 0 Å². The maximum absolute atomic E-state index is 13.3. The number of thioether (sulfide) groups is 1. The average molecular weight is 409 g/mol. The van der Waals surface area contributed by atoms with Gasteiger partial charge in [0.2, 0.25) is 0 Å². The largest absolute Gasteiger partial charge is 0.497 e. The van der Waals surface area contributed by atoms with Gasteiger partial charge in [-0.25, -0.2) is 0 Å². The smallest absolute Gasteiger partial charge is 0.271 e. The number of aryl methyl sites for hydroxylation is 1. The number of hydrogen-bond acceptors (Lipinski definition) is 5. The van der Waals surface area contributed by atoms with Gasteiger partial charge < -0.3 is 9.47 Å². The predicted molar refractivity (Wildman–Crippen MR) is 119 cm³/mol. The number of benzene rings is 2. The van der Waals surface area contributed by atoms with E-state index in [2.05, 4.69) is 11.1 Å². The zero-order valence-electron chi connectivity index (χ0n) is 16.8. The fourth-order valence-electron chi connectivity index (χ4n) is 3.38. The van der Waals surface area contributed by atoms with Crippen LogP contribution < -0.4 is 14.4 Å². The van der Waals surface area contributed by atoms with Crippen molar-refractivity contribution >= 4 is 34.6 Å². The molecule has 0 unspecified atom stereocenters. The molecule has 0 aliphatic carbocycles. The van der Waals surface area contributed by atoms with Crippen LogP contribution in [0.25, 0.3) is 6.08 Å². The van der Waals surface area contributed by atoms with Crippen LogP contribution in [-0.2, 0) is 11.2 Å². The van der Waals surface area contributed by atoms with Crippen LogP contribution in [0.1, 0.15) is 31.4 Å². The number of hydrogen-bond donors (Lipinski definition) is 0. The number of methoxy groups -OCH3 is 1. The molecule has 2 heterocycles. The van der Waals surface area contributed by atoms with Crippen molar-refractivity contribution in [2.75, 3.05) is 18.6 Å². The van der Waals surface area contributed by atoms with E-state index in [1.54, 1.807) is 12.0 Å². The second-order valence-corrected chi connectivity index (χ2v) is 8.29. The van der Waals surface area contributed by atoms with Crippen molar-refractivity contribution < 1.29 is 14.3 Å². The van der Waals surface area contributed by atoms with Gasteiger partial charge in [-0.2, -0.15) is 0 Å². The molecule has 2 aromatic carbocycles. The SMILES string of the molecule is COc1cccc(N2C(=O)/C(=C/c3ccc4c(c3)CCCO4)SC2=NC(C)C)c1. The van der Waals surface area contributed by atoms with Gasteiger partial charge >= 0.3 is 0 Å². The normalized spacial score (nSPS) is 19.0. The molecule has 0 spiro atoms. The summed E-state index contributed by atoms with van der Waals surface area (Å²) in [4.78, 5) is 20.3. The summed E-state index contributed by atoms with van der Waals surface area (Å²) in [6.07, 6.45) is 3.97. The maximum Gasteiger partial charge on any atom is 0.271 e. The molecule has 0 aromatic heterocycles. The van der Waals surface area contributed by atoms with Crippen molar-refractivity contribution in [1.82, 2.24) is 0 Å². The first-order chi connectivity index (χ1) is 14.0. The number of fused-ring (bicyclic) bond motifs is 1. The highest BCUT2D eigenvalue weighted by Gasteiger charge is 2.35. The highest BCUT2D eigenvalue weighted by molar-refractivity contribution is 8.19. The second-order valence-electron chi connectivity index (χ2n) is 7.28. The van der Waals surface area contributed by atoms with E-state index >= 15 is 0 Å². The molecular formula is C23H24N2O3S. The van der Waals surface area contributed by atoms with Crippen LogP contribution in [-0.4, -0.2) is 30.8 Å². The molecule has 150 valence electrons. The monoisotopic (exact) mass is 408 g/mol. The number of nitrogens with zero attached hydrogens (tertiary/aromatic N) is 2.